The monoisotopic (exact) mass is 327 g/mol. The molecule has 2 rings (SSSR count). The van der Waals surface area contributed by atoms with Crippen LogP contribution in [0, 0.1) is 5.41 Å². The van der Waals surface area contributed by atoms with Crippen LogP contribution in [0.25, 0.3) is 0 Å². The van der Waals surface area contributed by atoms with Crippen LogP contribution in [-0.2, 0) is 6.54 Å². The van der Waals surface area contributed by atoms with Crippen LogP contribution in [0.5, 0.6) is 0 Å². The summed E-state index contributed by atoms with van der Waals surface area (Å²) in [5, 5.41) is 1.13. The van der Waals surface area contributed by atoms with Gasteiger partial charge in [0.1, 0.15) is 5.76 Å². The van der Waals surface area contributed by atoms with Gasteiger partial charge in [-0.3, -0.25) is 4.90 Å². The van der Waals surface area contributed by atoms with Crippen LogP contribution in [0.15, 0.2) is 22.8 Å². The minimum Gasteiger partial charge on any atom is -0.468 e. The first-order chi connectivity index (χ1) is 9.28. The zero-order chi connectivity index (χ0) is 13.6. The highest BCUT2D eigenvalue weighted by Gasteiger charge is 2.31. The fourth-order valence-corrected chi connectivity index (χ4v) is 3.93. The van der Waals surface area contributed by atoms with Crippen molar-refractivity contribution in [3.63, 3.8) is 0 Å². The van der Waals surface area contributed by atoms with Crippen molar-refractivity contribution in [1.29, 1.82) is 0 Å². The lowest BCUT2D eigenvalue weighted by Gasteiger charge is -2.36. The lowest BCUT2D eigenvalue weighted by atomic mass is 9.82. The Labute approximate surface area is 125 Å². The Bertz CT molecular complexity index is 342. The van der Waals surface area contributed by atoms with E-state index in [1.165, 1.54) is 45.1 Å². The van der Waals surface area contributed by atoms with Crippen molar-refractivity contribution < 1.29 is 4.42 Å². The average Bonchev–Trinajstić information content (AvgIpc) is 2.83. The Balaban J connectivity index is 1.97. The summed E-state index contributed by atoms with van der Waals surface area (Å²) in [5.74, 6) is 1.08. The minimum atomic E-state index is 0.471. The Morgan fingerprint density at radius 3 is 2.53 bits per heavy atom. The predicted molar refractivity (Wildman–Crippen MR) is 83.6 cm³/mol. The second kappa shape index (κ2) is 7.49. The number of halogens is 1. The van der Waals surface area contributed by atoms with E-state index in [2.05, 4.69) is 33.8 Å². The zero-order valence-electron chi connectivity index (χ0n) is 12.0. The van der Waals surface area contributed by atoms with E-state index < -0.39 is 0 Å². The van der Waals surface area contributed by atoms with Gasteiger partial charge < -0.3 is 4.42 Å². The van der Waals surface area contributed by atoms with Gasteiger partial charge in [-0.05, 0) is 36.9 Å². The molecule has 2 nitrogen and oxygen atoms in total. The molecule has 1 aromatic rings. The number of rotatable bonds is 6. The van der Waals surface area contributed by atoms with Crippen LogP contribution in [0.2, 0.25) is 0 Å². The van der Waals surface area contributed by atoms with Crippen molar-refractivity contribution in [1.82, 2.24) is 4.90 Å². The van der Waals surface area contributed by atoms with Crippen LogP contribution in [0.4, 0.5) is 0 Å². The maximum Gasteiger partial charge on any atom is 0.117 e. The van der Waals surface area contributed by atoms with Gasteiger partial charge in [-0.2, -0.15) is 0 Å². The first kappa shape index (κ1) is 15.1. The molecule has 0 spiro atoms. The summed E-state index contributed by atoms with van der Waals surface area (Å²) in [6.07, 6.45) is 10.1. The van der Waals surface area contributed by atoms with E-state index in [4.69, 9.17) is 4.42 Å². The Morgan fingerprint density at radius 1 is 1.26 bits per heavy atom. The molecule has 1 aliphatic rings. The highest BCUT2D eigenvalue weighted by molar-refractivity contribution is 9.09. The summed E-state index contributed by atoms with van der Waals surface area (Å²) < 4.78 is 5.49. The Hall–Kier alpha value is -0.280. The van der Waals surface area contributed by atoms with Crippen molar-refractivity contribution in [2.45, 2.75) is 52.0 Å². The average molecular weight is 328 g/mol. The van der Waals surface area contributed by atoms with Gasteiger partial charge in [-0.1, -0.05) is 48.5 Å². The topological polar surface area (TPSA) is 16.4 Å². The van der Waals surface area contributed by atoms with E-state index in [9.17, 15) is 0 Å². The number of hydrogen-bond donors (Lipinski definition) is 0. The fraction of sp³-hybridized carbons (Fsp3) is 0.750. The third-order valence-corrected chi connectivity index (χ3v) is 5.60. The Kier molecular flexibility index (Phi) is 5.96. The number of nitrogens with zero attached hydrogens (tertiary/aromatic N) is 1. The molecule has 0 bridgehead atoms. The Morgan fingerprint density at radius 2 is 2.00 bits per heavy atom. The van der Waals surface area contributed by atoms with Gasteiger partial charge >= 0.3 is 0 Å². The lowest BCUT2D eigenvalue weighted by Crippen LogP contribution is -2.38. The van der Waals surface area contributed by atoms with Gasteiger partial charge in [0.05, 0.1) is 12.8 Å². The third kappa shape index (κ3) is 4.35. The standard InChI is InChI=1S/C16H26BrNO/c1-2-18(12-15-8-7-11-19-15)14-16(13-17)9-5-3-4-6-10-16/h7-8,11H,2-6,9-10,12-14H2,1H3. The normalized spacial score (nSPS) is 19.5. The summed E-state index contributed by atoms with van der Waals surface area (Å²) in [6.45, 7) is 5.48. The number of furan rings is 1. The molecule has 1 aliphatic carbocycles. The second-order valence-corrected chi connectivity index (χ2v) is 6.49. The molecule has 0 unspecified atom stereocenters. The molecule has 1 aromatic heterocycles. The molecule has 0 radical (unpaired) electrons. The summed E-state index contributed by atoms with van der Waals surface area (Å²) >= 11 is 3.79. The molecular weight excluding hydrogens is 302 g/mol. The predicted octanol–water partition coefficient (Wildman–Crippen LogP) is 4.84. The molecule has 1 heterocycles. The van der Waals surface area contributed by atoms with Crippen LogP contribution >= 0.6 is 15.9 Å². The van der Waals surface area contributed by atoms with Crippen LogP contribution in [-0.4, -0.2) is 23.3 Å². The minimum absolute atomic E-state index is 0.471. The smallest absolute Gasteiger partial charge is 0.117 e. The number of alkyl halides is 1. The molecule has 1 fully saturated rings. The van der Waals surface area contributed by atoms with E-state index in [-0.39, 0.29) is 0 Å². The van der Waals surface area contributed by atoms with Gasteiger partial charge in [-0.25, -0.2) is 0 Å². The largest absolute Gasteiger partial charge is 0.468 e. The highest BCUT2D eigenvalue weighted by atomic mass is 79.9. The lowest BCUT2D eigenvalue weighted by molar-refractivity contribution is 0.143. The summed E-state index contributed by atoms with van der Waals surface area (Å²) in [7, 11) is 0. The van der Waals surface area contributed by atoms with Crippen molar-refractivity contribution in [3.8, 4) is 0 Å². The van der Waals surface area contributed by atoms with Crippen molar-refractivity contribution in [2.24, 2.45) is 5.41 Å². The quantitative estimate of drug-likeness (QED) is 0.549. The van der Waals surface area contributed by atoms with Gasteiger partial charge in [0.15, 0.2) is 0 Å². The summed E-state index contributed by atoms with van der Waals surface area (Å²) in [4.78, 5) is 2.53. The first-order valence-electron chi connectivity index (χ1n) is 7.59. The molecule has 1 saturated carbocycles. The maximum atomic E-state index is 5.49. The molecule has 0 N–H and O–H groups in total. The van der Waals surface area contributed by atoms with Gasteiger partial charge in [0.2, 0.25) is 0 Å². The molecular formula is C16H26BrNO. The van der Waals surface area contributed by atoms with E-state index in [0.29, 0.717) is 5.41 Å². The third-order valence-electron chi connectivity index (χ3n) is 4.41. The molecule has 0 aromatic carbocycles. The van der Waals surface area contributed by atoms with Crippen LogP contribution in [0.3, 0.4) is 0 Å². The van der Waals surface area contributed by atoms with E-state index in [1.807, 2.05) is 6.07 Å². The van der Waals surface area contributed by atoms with E-state index in [0.717, 1.165) is 24.2 Å². The van der Waals surface area contributed by atoms with Crippen molar-refractivity contribution in [2.75, 3.05) is 18.4 Å². The molecule has 108 valence electrons. The molecule has 0 atom stereocenters. The summed E-state index contributed by atoms with van der Waals surface area (Å²) in [5.41, 5.74) is 0.471. The highest BCUT2D eigenvalue weighted by Crippen LogP contribution is 2.37. The zero-order valence-corrected chi connectivity index (χ0v) is 13.6. The molecule has 19 heavy (non-hydrogen) atoms. The molecule has 0 saturated heterocycles. The maximum absolute atomic E-state index is 5.49. The van der Waals surface area contributed by atoms with Gasteiger partial charge in [0, 0.05) is 11.9 Å². The first-order valence-corrected chi connectivity index (χ1v) is 8.71. The molecule has 3 heteroatoms. The number of hydrogen-bond acceptors (Lipinski definition) is 2. The van der Waals surface area contributed by atoms with Gasteiger partial charge in [0.25, 0.3) is 0 Å². The molecule has 0 aliphatic heterocycles. The van der Waals surface area contributed by atoms with Crippen molar-refractivity contribution >= 4 is 15.9 Å². The fourth-order valence-electron chi connectivity index (χ4n) is 3.19. The van der Waals surface area contributed by atoms with Crippen LogP contribution < -0.4 is 0 Å². The van der Waals surface area contributed by atoms with Crippen LogP contribution in [0.1, 0.15) is 51.2 Å². The van der Waals surface area contributed by atoms with Crippen molar-refractivity contribution in [3.05, 3.63) is 24.2 Å². The van der Waals surface area contributed by atoms with Gasteiger partial charge in [-0.15, -0.1) is 0 Å². The van der Waals surface area contributed by atoms with E-state index >= 15 is 0 Å². The summed E-state index contributed by atoms with van der Waals surface area (Å²) in [6, 6.07) is 4.06. The SMILES string of the molecule is CCN(Cc1ccco1)CC1(CBr)CCCCCC1. The second-order valence-electron chi connectivity index (χ2n) is 5.93. The molecule has 0 amide bonds. The van der Waals surface area contributed by atoms with E-state index in [1.54, 1.807) is 6.26 Å².